The van der Waals surface area contributed by atoms with Crippen LogP contribution in [0.25, 0.3) is 10.2 Å². The average molecular weight is 434 g/mol. The molecule has 2 N–H and O–H groups in total. The Labute approximate surface area is 181 Å². The van der Waals surface area contributed by atoms with E-state index in [4.69, 9.17) is 9.47 Å². The molecule has 2 aromatic carbocycles. The highest BCUT2D eigenvalue weighted by molar-refractivity contribution is 7.17. The van der Waals surface area contributed by atoms with E-state index in [1.165, 1.54) is 15.9 Å². The molecule has 0 saturated heterocycles. The van der Waals surface area contributed by atoms with Crippen LogP contribution in [-0.2, 0) is 6.54 Å². The minimum Gasteiger partial charge on any atom is -0.505 e. The first-order valence-corrected chi connectivity index (χ1v) is 10.6. The predicted octanol–water partition coefficient (Wildman–Crippen LogP) is 3.84. The maximum atomic E-state index is 13.3. The molecule has 1 aliphatic heterocycles. The Morgan fingerprint density at radius 1 is 1.06 bits per heavy atom. The first-order valence-electron chi connectivity index (χ1n) is 9.70. The van der Waals surface area contributed by atoms with E-state index in [1.54, 1.807) is 29.6 Å². The zero-order chi connectivity index (χ0) is 21.4. The summed E-state index contributed by atoms with van der Waals surface area (Å²) >= 11 is 1.28. The molecule has 7 nitrogen and oxygen atoms in total. The number of pyridine rings is 1. The number of hydrogen-bond acceptors (Lipinski definition) is 6. The molecule has 0 bridgehead atoms. The van der Waals surface area contributed by atoms with Crippen molar-refractivity contribution >= 4 is 33.1 Å². The Kier molecular flexibility index (Phi) is 4.83. The van der Waals surface area contributed by atoms with Gasteiger partial charge in [-0.25, -0.2) is 0 Å². The third kappa shape index (κ3) is 3.51. The average Bonchev–Trinajstić information content (AvgIpc) is 3.28. The Bertz CT molecular complexity index is 1340. The largest absolute Gasteiger partial charge is 0.505 e. The number of thiophene rings is 1. The maximum absolute atomic E-state index is 13.3. The summed E-state index contributed by atoms with van der Waals surface area (Å²) in [6, 6.07) is 16.3. The van der Waals surface area contributed by atoms with E-state index in [0.717, 1.165) is 5.56 Å². The van der Waals surface area contributed by atoms with Crippen molar-refractivity contribution in [1.29, 1.82) is 0 Å². The molecule has 0 unspecified atom stereocenters. The third-order valence-corrected chi connectivity index (χ3v) is 5.97. The number of nitrogens with one attached hydrogen (secondary N) is 1. The summed E-state index contributed by atoms with van der Waals surface area (Å²) in [5.41, 5.74) is 1.10. The van der Waals surface area contributed by atoms with Crippen LogP contribution in [0.4, 0.5) is 5.69 Å². The SMILES string of the molecule is O=C(Nc1ccc2c(c1)OCCO2)c1c(O)c2sccc2n(Cc2ccccc2)c1=O. The summed E-state index contributed by atoms with van der Waals surface area (Å²) in [6.45, 7) is 1.18. The number of fused-ring (bicyclic) bond motifs is 2. The van der Waals surface area contributed by atoms with E-state index in [0.29, 0.717) is 40.6 Å². The van der Waals surface area contributed by atoms with Crippen LogP contribution in [0.3, 0.4) is 0 Å². The summed E-state index contributed by atoms with van der Waals surface area (Å²) in [6.07, 6.45) is 0. The summed E-state index contributed by atoms with van der Waals surface area (Å²) in [7, 11) is 0. The van der Waals surface area contributed by atoms with Crippen LogP contribution >= 0.6 is 11.3 Å². The molecule has 8 heteroatoms. The highest BCUT2D eigenvalue weighted by atomic mass is 32.1. The summed E-state index contributed by atoms with van der Waals surface area (Å²) < 4.78 is 13.0. The standard InChI is InChI=1S/C23H18N2O5S/c26-20-19(22(27)24-15-6-7-17-18(12-15)30-10-9-29-17)23(28)25(16-8-11-31-21(16)20)13-14-4-2-1-3-5-14/h1-8,11-12,26H,9-10,13H2,(H,24,27). The van der Waals surface area contributed by atoms with Crippen molar-refractivity contribution in [3.8, 4) is 17.2 Å². The lowest BCUT2D eigenvalue weighted by Crippen LogP contribution is -2.30. The Morgan fingerprint density at radius 3 is 2.65 bits per heavy atom. The number of benzene rings is 2. The van der Waals surface area contributed by atoms with Crippen LogP contribution in [0.2, 0.25) is 0 Å². The fraction of sp³-hybridized carbons (Fsp3) is 0.130. The number of aromatic hydroxyl groups is 1. The van der Waals surface area contributed by atoms with Gasteiger partial charge in [-0.3, -0.25) is 9.59 Å². The van der Waals surface area contributed by atoms with Gasteiger partial charge in [0.2, 0.25) is 0 Å². The minimum absolute atomic E-state index is 0.289. The number of anilines is 1. The van der Waals surface area contributed by atoms with E-state index in [1.807, 2.05) is 30.3 Å². The van der Waals surface area contributed by atoms with Crippen molar-refractivity contribution < 1.29 is 19.4 Å². The van der Waals surface area contributed by atoms with Crippen molar-refractivity contribution in [2.45, 2.75) is 6.54 Å². The first kappa shape index (κ1) is 19.2. The van der Waals surface area contributed by atoms with Gasteiger partial charge in [0.15, 0.2) is 17.2 Å². The second kappa shape index (κ2) is 7.81. The minimum atomic E-state index is -0.684. The summed E-state index contributed by atoms with van der Waals surface area (Å²) in [4.78, 5) is 26.3. The van der Waals surface area contributed by atoms with E-state index >= 15 is 0 Å². The van der Waals surface area contributed by atoms with Crippen LogP contribution < -0.4 is 20.3 Å². The molecule has 1 aliphatic rings. The second-order valence-corrected chi connectivity index (χ2v) is 7.96. The number of rotatable bonds is 4. The lowest BCUT2D eigenvalue weighted by molar-refractivity contribution is 0.102. The summed E-state index contributed by atoms with van der Waals surface area (Å²) in [5.74, 6) is 0.117. The number of carbonyl (C=O) groups is 1. The molecule has 156 valence electrons. The molecule has 2 aromatic heterocycles. The van der Waals surface area contributed by atoms with Crippen molar-refractivity contribution in [1.82, 2.24) is 4.57 Å². The van der Waals surface area contributed by atoms with Crippen LogP contribution in [0.5, 0.6) is 17.2 Å². The number of hydrogen-bond donors (Lipinski definition) is 2. The van der Waals surface area contributed by atoms with Crippen LogP contribution in [0, 0.1) is 0 Å². The highest BCUT2D eigenvalue weighted by Crippen LogP contribution is 2.34. The molecule has 3 heterocycles. The van der Waals surface area contributed by atoms with Gasteiger partial charge in [-0.1, -0.05) is 30.3 Å². The van der Waals surface area contributed by atoms with E-state index in [2.05, 4.69) is 5.32 Å². The monoisotopic (exact) mass is 434 g/mol. The number of carbonyl (C=O) groups excluding carboxylic acids is 1. The molecule has 0 radical (unpaired) electrons. The van der Waals surface area contributed by atoms with Crippen molar-refractivity contribution in [2.75, 3.05) is 18.5 Å². The molecule has 31 heavy (non-hydrogen) atoms. The zero-order valence-electron chi connectivity index (χ0n) is 16.3. The van der Waals surface area contributed by atoms with Gasteiger partial charge in [0, 0.05) is 11.8 Å². The van der Waals surface area contributed by atoms with Gasteiger partial charge in [-0.2, -0.15) is 0 Å². The smallest absolute Gasteiger partial charge is 0.268 e. The molecule has 4 aromatic rings. The summed E-state index contributed by atoms with van der Waals surface area (Å²) in [5, 5.41) is 15.2. The van der Waals surface area contributed by atoms with Crippen LogP contribution in [0.15, 0.2) is 64.8 Å². The van der Waals surface area contributed by atoms with E-state index in [9.17, 15) is 14.7 Å². The Morgan fingerprint density at radius 2 is 1.84 bits per heavy atom. The fourth-order valence-corrected chi connectivity index (χ4v) is 4.44. The van der Waals surface area contributed by atoms with Gasteiger partial charge in [-0.05, 0) is 29.1 Å². The van der Waals surface area contributed by atoms with Gasteiger partial charge in [0.1, 0.15) is 18.8 Å². The Balaban J connectivity index is 1.55. The zero-order valence-corrected chi connectivity index (χ0v) is 17.1. The molecule has 0 atom stereocenters. The van der Waals surface area contributed by atoms with Crippen molar-refractivity contribution in [3.63, 3.8) is 0 Å². The van der Waals surface area contributed by atoms with Crippen LogP contribution in [0.1, 0.15) is 15.9 Å². The molecule has 0 fully saturated rings. The lowest BCUT2D eigenvalue weighted by Gasteiger charge is -2.19. The Hall–Kier alpha value is -3.78. The molecule has 0 aliphatic carbocycles. The highest BCUT2D eigenvalue weighted by Gasteiger charge is 2.24. The topological polar surface area (TPSA) is 89.8 Å². The van der Waals surface area contributed by atoms with Gasteiger partial charge < -0.3 is 24.5 Å². The lowest BCUT2D eigenvalue weighted by atomic mass is 10.1. The quantitative estimate of drug-likeness (QED) is 0.509. The van der Waals surface area contributed by atoms with Gasteiger partial charge >= 0.3 is 0 Å². The van der Waals surface area contributed by atoms with Crippen molar-refractivity contribution in [2.24, 2.45) is 0 Å². The maximum Gasteiger partial charge on any atom is 0.268 e. The van der Waals surface area contributed by atoms with E-state index in [-0.39, 0.29) is 17.9 Å². The van der Waals surface area contributed by atoms with Crippen molar-refractivity contribution in [3.05, 3.63) is 81.5 Å². The predicted molar refractivity (Wildman–Crippen MR) is 119 cm³/mol. The number of amides is 1. The van der Waals surface area contributed by atoms with E-state index < -0.39 is 11.5 Å². The molecular weight excluding hydrogens is 416 g/mol. The fourth-order valence-electron chi connectivity index (χ4n) is 3.59. The van der Waals surface area contributed by atoms with Crippen LogP contribution in [-0.4, -0.2) is 28.8 Å². The molecule has 0 saturated carbocycles. The van der Waals surface area contributed by atoms with Gasteiger partial charge in [-0.15, -0.1) is 11.3 Å². The second-order valence-electron chi connectivity index (χ2n) is 7.05. The third-order valence-electron chi connectivity index (χ3n) is 5.06. The molecule has 0 spiro atoms. The molecular formula is C23H18N2O5S. The molecule has 1 amide bonds. The normalized spacial score (nSPS) is 12.6. The number of ether oxygens (including phenoxy) is 2. The molecule has 5 rings (SSSR count). The first-order chi connectivity index (χ1) is 15.1. The van der Waals surface area contributed by atoms with Gasteiger partial charge in [0.25, 0.3) is 11.5 Å². The number of aromatic nitrogens is 1. The van der Waals surface area contributed by atoms with Gasteiger partial charge in [0.05, 0.1) is 16.8 Å². The number of nitrogens with zero attached hydrogens (tertiary/aromatic N) is 1.